The first kappa shape index (κ1) is 26.8. The monoisotopic (exact) mass is 545 g/mol. The molecule has 8 nitrogen and oxygen atoms in total. The zero-order chi connectivity index (χ0) is 26.7. The second-order valence-corrected chi connectivity index (χ2v) is 9.89. The van der Waals surface area contributed by atoms with Crippen LogP contribution in [0, 0.1) is 19.7 Å². The first-order valence-electron chi connectivity index (χ1n) is 11.9. The Labute approximate surface area is 224 Å². The Morgan fingerprint density at radius 2 is 1.97 bits per heavy atom. The van der Waals surface area contributed by atoms with Crippen LogP contribution in [0.2, 0.25) is 5.02 Å². The number of aryl methyl sites for hydroxylation is 1. The molecular weight excluding hydrogens is 517 g/mol. The molecule has 4 N–H and O–H groups in total. The lowest BCUT2D eigenvalue weighted by molar-refractivity contribution is 0.0948. The van der Waals surface area contributed by atoms with E-state index in [9.17, 15) is 14.0 Å². The number of carbonyl (C=O) groups is 1. The van der Waals surface area contributed by atoms with Gasteiger partial charge in [-0.2, -0.15) is 0 Å². The predicted octanol–water partition coefficient (Wildman–Crippen LogP) is 5.81. The van der Waals surface area contributed by atoms with Gasteiger partial charge in [0, 0.05) is 31.8 Å². The number of pyridine rings is 1. The molecule has 1 aliphatic carbocycles. The minimum atomic E-state index is -0.510. The first-order valence-corrected chi connectivity index (χ1v) is 13.1. The van der Waals surface area contributed by atoms with E-state index >= 15 is 0 Å². The van der Waals surface area contributed by atoms with Crippen molar-refractivity contribution >= 4 is 46.8 Å². The molecule has 0 atom stereocenters. The number of carbonyl (C=O) groups excluding carboxylic acids is 1. The average molecular weight is 546 g/mol. The Balaban J connectivity index is 1.83. The standard InChI is InChI=1S/C26H29ClFN5O3S/c1-5-29-37-32-19-7-6-8-20(22(19)27)36-23-15(3)26(35)33(4)24(21(23)25(34)30-16-10-11-16)31-18-12-9-14(2)13-17(18)28/h6-9,12-13,16,29,31-32H,5,10-11H2,1-4H3,(H,30,34). The third kappa shape index (κ3) is 6.03. The minimum Gasteiger partial charge on any atom is -0.454 e. The number of rotatable bonds is 10. The number of amides is 1. The third-order valence-electron chi connectivity index (χ3n) is 5.84. The first-order chi connectivity index (χ1) is 17.7. The van der Waals surface area contributed by atoms with Gasteiger partial charge in [-0.25, -0.2) is 9.11 Å². The maximum absolute atomic E-state index is 14.8. The number of ether oxygens (including phenoxy) is 1. The summed E-state index contributed by atoms with van der Waals surface area (Å²) in [7, 11) is 1.52. The summed E-state index contributed by atoms with van der Waals surface area (Å²) < 4.78 is 28.4. The Morgan fingerprint density at radius 3 is 2.65 bits per heavy atom. The number of aromatic nitrogens is 1. The molecule has 0 spiro atoms. The van der Waals surface area contributed by atoms with E-state index in [1.165, 1.54) is 29.8 Å². The molecule has 4 rings (SSSR count). The molecule has 196 valence electrons. The number of nitrogens with zero attached hydrogens (tertiary/aromatic N) is 1. The van der Waals surface area contributed by atoms with Crippen LogP contribution in [0.25, 0.3) is 0 Å². The highest BCUT2D eigenvalue weighted by Crippen LogP contribution is 2.40. The molecular formula is C26H29ClFN5O3S. The number of hydrogen-bond acceptors (Lipinski definition) is 7. The number of hydrogen-bond donors (Lipinski definition) is 4. The van der Waals surface area contributed by atoms with Gasteiger partial charge in [0.2, 0.25) is 0 Å². The smallest absolute Gasteiger partial charge is 0.259 e. The van der Waals surface area contributed by atoms with Crippen molar-refractivity contribution in [3.8, 4) is 11.5 Å². The summed E-state index contributed by atoms with van der Waals surface area (Å²) in [5.74, 6) is -0.523. The molecule has 11 heteroatoms. The van der Waals surface area contributed by atoms with Crippen molar-refractivity contribution < 1.29 is 13.9 Å². The molecule has 37 heavy (non-hydrogen) atoms. The molecule has 0 radical (unpaired) electrons. The molecule has 0 unspecified atom stereocenters. The van der Waals surface area contributed by atoms with Gasteiger partial charge in [0.05, 0.1) is 16.9 Å². The Kier molecular flexibility index (Phi) is 8.31. The van der Waals surface area contributed by atoms with Gasteiger partial charge in [0.1, 0.15) is 28.0 Å². The lowest BCUT2D eigenvalue weighted by Crippen LogP contribution is -2.31. The molecule has 2 aromatic carbocycles. The number of anilines is 3. The van der Waals surface area contributed by atoms with Crippen LogP contribution in [-0.2, 0) is 7.05 Å². The summed E-state index contributed by atoms with van der Waals surface area (Å²) in [4.78, 5) is 26.7. The molecule has 0 bridgehead atoms. The summed E-state index contributed by atoms with van der Waals surface area (Å²) in [5.41, 5.74) is 1.36. The van der Waals surface area contributed by atoms with Gasteiger partial charge in [-0.05, 0) is 56.5 Å². The zero-order valence-corrected chi connectivity index (χ0v) is 22.6. The summed E-state index contributed by atoms with van der Waals surface area (Å²) in [6, 6.07) is 9.90. The second kappa shape index (κ2) is 11.5. The van der Waals surface area contributed by atoms with Crippen molar-refractivity contribution in [1.29, 1.82) is 0 Å². The van der Waals surface area contributed by atoms with E-state index in [1.807, 2.05) is 6.92 Å². The van der Waals surface area contributed by atoms with Crippen LogP contribution >= 0.6 is 23.7 Å². The molecule has 1 aliphatic rings. The second-order valence-electron chi connectivity index (χ2n) is 8.82. The summed E-state index contributed by atoms with van der Waals surface area (Å²) in [6.45, 7) is 6.07. The fourth-order valence-electron chi connectivity index (χ4n) is 3.67. The molecule has 1 saturated carbocycles. The van der Waals surface area contributed by atoms with E-state index in [0.717, 1.165) is 24.9 Å². The van der Waals surface area contributed by atoms with Crippen molar-refractivity contribution in [2.45, 2.75) is 39.7 Å². The zero-order valence-electron chi connectivity index (χ0n) is 21.0. The van der Waals surface area contributed by atoms with Crippen LogP contribution < -0.4 is 30.4 Å². The largest absolute Gasteiger partial charge is 0.454 e. The van der Waals surface area contributed by atoms with Gasteiger partial charge in [-0.3, -0.25) is 14.2 Å². The molecule has 1 heterocycles. The molecule has 1 aromatic heterocycles. The topological polar surface area (TPSA) is 96.4 Å². The van der Waals surface area contributed by atoms with Crippen molar-refractivity contribution in [3.05, 3.63) is 74.3 Å². The fourth-order valence-corrected chi connectivity index (χ4v) is 4.44. The van der Waals surface area contributed by atoms with Gasteiger partial charge in [0.25, 0.3) is 11.5 Å². The quantitative estimate of drug-likeness (QED) is 0.189. The number of halogens is 2. The number of benzene rings is 2. The van der Waals surface area contributed by atoms with Crippen LogP contribution in [0.1, 0.15) is 41.3 Å². The molecule has 0 aliphatic heterocycles. The van der Waals surface area contributed by atoms with Crippen molar-refractivity contribution in [2.24, 2.45) is 7.05 Å². The maximum Gasteiger partial charge on any atom is 0.259 e. The highest BCUT2D eigenvalue weighted by molar-refractivity contribution is 7.98. The third-order valence-corrected chi connectivity index (χ3v) is 6.98. The van der Waals surface area contributed by atoms with Gasteiger partial charge in [-0.15, -0.1) is 0 Å². The van der Waals surface area contributed by atoms with Crippen LogP contribution in [0.15, 0.2) is 41.2 Å². The van der Waals surface area contributed by atoms with Crippen molar-refractivity contribution in [2.75, 3.05) is 16.6 Å². The normalized spacial score (nSPS) is 12.8. The highest BCUT2D eigenvalue weighted by atomic mass is 35.5. The number of nitrogens with one attached hydrogen (secondary N) is 4. The molecule has 3 aromatic rings. The lowest BCUT2D eigenvalue weighted by atomic mass is 10.1. The van der Waals surface area contributed by atoms with E-state index in [1.54, 1.807) is 44.2 Å². The highest BCUT2D eigenvalue weighted by Gasteiger charge is 2.31. The van der Waals surface area contributed by atoms with Crippen LogP contribution in [-0.4, -0.2) is 23.1 Å². The Bertz CT molecular complexity index is 1390. The van der Waals surface area contributed by atoms with Crippen molar-refractivity contribution in [1.82, 2.24) is 14.6 Å². The molecule has 0 saturated heterocycles. The molecule has 1 fully saturated rings. The van der Waals surface area contributed by atoms with Gasteiger partial charge < -0.3 is 20.1 Å². The van der Waals surface area contributed by atoms with Crippen LogP contribution in [0.3, 0.4) is 0 Å². The summed E-state index contributed by atoms with van der Waals surface area (Å²) in [6.07, 6.45) is 1.73. The van der Waals surface area contributed by atoms with E-state index in [4.69, 9.17) is 16.3 Å². The summed E-state index contributed by atoms with van der Waals surface area (Å²) >= 11 is 7.88. The van der Waals surface area contributed by atoms with Crippen LogP contribution in [0.4, 0.5) is 21.6 Å². The SMILES string of the molecule is CCNSNc1cccc(Oc2c(C(=O)NC3CC3)c(Nc3ccc(C)cc3F)n(C)c(=O)c2C)c1Cl. The Morgan fingerprint density at radius 1 is 1.22 bits per heavy atom. The van der Waals surface area contributed by atoms with Gasteiger partial charge >= 0.3 is 0 Å². The van der Waals surface area contributed by atoms with E-state index < -0.39 is 17.3 Å². The van der Waals surface area contributed by atoms with E-state index in [-0.39, 0.29) is 45.2 Å². The van der Waals surface area contributed by atoms with E-state index in [2.05, 4.69) is 20.1 Å². The lowest BCUT2D eigenvalue weighted by Gasteiger charge is -2.22. The molecule has 1 amide bonds. The van der Waals surface area contributed by atoms with E-state index in [0.29, 0.717) is 5.69 Å². The predicted molar refractivity (Wildman–Crippen MR) is 148 cm³/mol. The summed E-state index contributed by atoms with van der Waals surface area (Å²) in [5, 5.41) is 6.19. The van der Waals surface area contributed by atoms with Crippen LogP contribution in [0.5, 0.6) is 11.5 Å². The fraction of sp³-hybridized carbons (Fsp3) is 0.308. The maximum atomic E-state index is 14.8. The van der Waals surface area contributed by atoms with Crippen molar-refractivity contribution in [3.63, 3.8) is 0 Å². The van der Waals surface area contributed by atoms with Gasteiger partial charge in [0.15, 0.2) is 5.75 Å². The minimum absolute atomic E-state index is 0.0426. The van der Waals surface area contributed by atoms with Gasteiger partial charge in [-0.1, -0.05) is 30.7 Å². The average Bonchev–Trinajstić information content (AvgIpc) is 3.68. The Hall–Kier alpha value is -3.21.